The first-order valence-electron chi connectivity index (χ1n) is 15.8. The van der Waals surface area contributed by atoms with Crippen LogP contribution in [-0.4, -0.2) is 34.4 Å². The molecule has 0 N–H and O–H groups in total. The minimum absolute atomic E-state index is 0.108. The van der Waals surface area contributed by atoms with Gasteiger partial charge in [0.15, 0.2) is 0 Å². The van der Waals surface area contributed by atoms with Gasteiger partial charge < -0.3 is 9.80 Å². The molecule has 0 spiro atoms. The zero-order valence-corrected chi connectivity index (χ0v) is 28.3. The highest BCUT2D eigenvalue weighted by Gasteiger charge is 2.22. The van der Waals surface area contributed by atoms with E-state index in [1.165, 1.54) is 34.5 Å². The molecule has 43 heavy (non-hydrogen) atoms. The molecule has 1 fully saturated rings. The van der Waals surface area contributed by atoms with Crippen LogP contribution in [0.15, 0.2) is 103 Å². The van der Waals surface area contributed by atoms with Gasteiger partial charge in [-0.1, -0.05) is 82.8 Å². The summed E-state index contributed by atoms with van der Waals surface area (Å²) < 4.78 is 0. The van der Waals surface area contributed by atoms with Crippen molar-refractivity contribution in [2.24, 2.45) is 5.92 Å². The number of pyridine rings is 1. The Bertz CT molecular complexity index is 1250. The Kier molecular flexibility index (Phi) is 17.4. The number of nitriles is 1. The van der Waals surface area contributed by atoms with Crippen LogP contribution in [0, 0.1) is 17.2 Å². The van der Waals surface area contributed by atoms with E-state index in [1.807, 2.05) is 37.4 Å². The normalized spacial score (nSPS) is 14.5. The fourth-order valence-corrected chi connectivity index (χ4v) is 4.95. The monoisotopic (exact) mass is 580 g/mol. The number of piperidine rings is 1. The van der Waals surface area contributed by atoms with Crippen molar-refractivity contribution in [3.8, 4) is 6.07 Å². The molecule has 1 aliphatic heterocycles. The minimum Gasteiger partial charge on any atom is -0.371 e. The van der Waals surface area contributed by atoms with Gasteiger partial charge in [0.1, 0.15) is 0 Å². The number of hydrogen-bond donors (Lipinski definition) is 0. The molecule has 0 amide bonds. The van der Waals surface area contributed by atoms with Crippen LogP contribution in [0.4, 0.5) is 0 Å². The molecular formula is C39H56N4. The number of aryl methyl sites for hydroxylation is 1. The predicted molar refractivity (Wildman–Crippen MR) is 187 cm³/mol. The summed E-state index contributed by atoms with van der Waals surface area (Å²) in [4.78, 5) is 8.65. The second-order valence-electron chi connectivity index (χ2n) is 11.2. The van der Waals surface area contributed by atoms with Crippen LogP contribution in [-0.2, 0) is 6.42 Å². The van der Waals surface area contributed by atoms with E-state index in [0.717, 1.165) is 55.7 Å². The Morgan fingerprint density at radius 1 is 1.09 bits per heavy atom. The first-order valence-corrected chi connectivity index (χ1v) is 15.8. The minimum atomic E-state index is -0.108. The number of rotatable bonds is 10. The molecule has 1 unspecified atom stereocenters. The van der Waals surface area contributed by atoms with Crippen molar-refractivity contribution in [1.29, 1.82) is 5.26 Å². The summed E-state index contributed by atoms with van der Waals surface area (Å²) in [6.45, 7) is 32.5. The number of benzene rings is 1. The van der Waals surface area contributed by atoms with Crippen LogP contribution in [0.25, 0.3) is 5.70 Å². The van der Waals surface area contributed by atoms with Crippen LogP contribution in [0.3, 0.4) is 0 Å². The van der Waals surface area contributed by atoms with E-state index in [9.17, 15) is 5.26 Å². The van der Waals surface area contributed by atoms with Crippen LogP contribution < -0.4 is 0 Å². The zero-order chi connectivity index (χ0) is 32.4. The van der Waals surface area contributed by atoms with Gasteiger partial charge in [-0.25, -0.2) is 0 Å². The summed E-state index contributed by atoms with van der Waals surface area (Å²) in [5, 5.41) is 9.22. The maximum absolute atomic E-state index is 9.22. The molecule has 2 aromatic rings. The maximum atomic E-state index is 9.22. The van der Waals surface area contributed by atoms with Gasteiger partial charge in [-0.2, -0.15) is 5.26 Å². The number of hydrogen-bond acceptors (Lipinski definition) is 4. The van der Waals surface area contributed by atoms with Gasteiger partial charge in [0.2, 0.25) is 0 Å². The van der Waals surface area contributed by atoms with Gasteiger partial charge in [0.25, 0.3) is 0 Å². The number of allylic oxidation sites excluding steroid dienone is 6. The molecule has 0 bridgehead atoms. The summed E-state index contributed by atoms with van der Waals surface area (Å²) in [6.07, 6.45) is 12.3. The lowest BCUT2D eigenvalue weighted by molar-refractivity contribution is 0.280. The molecule has 0 aliphatic carbocycles. The van der Waals surface area contributed by atoms with E-state index in [0.29, 0.717) is 5.92 Å². The lowest BCUT2D eigenvalue weighted by Crippen LogP contribution is -2.32. The molecule has 1 saturated heterocycles. The van der Waals surface area contributed by atoms with Crippen LogP contribution in [0.1, 0.15) is 97.3 Å². The molecule has 4 heteroatoms. The lowest BCUT2D eigenvalue weighted by atomic mass is 9.88. The van der Waals surface area contributed by atoms with E-state index in [2.05, 4.69) is 113 Å². The quantitative estimate of drug-likeness (QED) is 0.262. The standard InChI is InChI=1S/C29H39N3.C7H9N.C3H8/c1-9-21(3)25(7)32(10-2)24(6)18-22(4)27-14-16-31(17-15-27)26(8)29-13-11-12-28(19-29)23(5)20-30;1-2-7-4-3-5-8-6-7;1-3-2/h9,11-13,18-19,23,27H,1,4,8,10,14-17H2,2-3,5-7H3;3-6H,2H2,1H3;3H2,1-2H3/b24-18-,25-21-;;. The molecule has 2 heterocycles. The SMILES string of the molecule is C=C/C(C)=C(/C)N(CC)/C(C)=C\C(=C)C1CCN(C(=C)c2cccc(C(C)C#N)c2)CC1.CCC.CCc1cccnc1. The van der Waals surface area contributed by atoms with Gasteiger partial charge in [-0.3, -0.25) is 4.98 Å². The third-order valence-corrected chi connectivity index (χ3v) is 7.86. The van der Waals surface area contributed by atoms with Crippen molar-refractivity contribution in [2.75, 3.05) is 19.6 Å². The molecule has 3 rings (SSSR count). The summed E-state index contributed by atoms with van der Waals surface area (Å²) >= 11 is 0. The molecule has 1 aliphatic rings. The van der Waals surface area contributed by atoms with Gasteiger partial charge in [-0.05, 0) is 100 Å². The summed E-state index contributed by atoms with van der Waals surface area (Å²) in [5.41, 5.74) is 9.38. The maximum Gasteiger partial charge on any atom is 0.0700 e. The van der Waals surface area contributed by atoms with Gasteiger partial charge in [0, 0.05) is 49.1 Å². The number of nitrogens with zero attached hydrogens (tertiary/aromatic N) is 4. The van der Waals surface area contributed by atoms with Crippen molar-refractivity contribution >= 4 is 5.70 Å². The van der Waals surface area contributed by atoms with Gasteiger partial charge in [0.05, 0.1) is 12.0 Å². The summed E-state index contributed by atoms with van der Waals surface area (Å²) in [7, 11) is 0. The third kappa shape index (κ3) is 12.1. The van der Waals surface area contributed by atoms with Crippen LogP contribution in [0.2, 0.25) is 0 Å². The van der Waals surface area contributed by atoms with Crippen molar-refractivity contribution in [3.63, 3.8) is 0 Å². The third-order valence-electron chi connectivity index (χ3n) is 7.86. The Balaban J connectivity index is 0.000000705. The van der Waals surface area contributed by atoms with Crippen LogP contribution >= 0.6 is 0 Å². The van der Waals surface area contributed by atoms with E-state index < -0.39 is 0 Å². The first-order chi connectivity index (χ1) is 20.6. The number of likely N-dealkylation sites (tertiary alicyclic amines) is 1. The highest BCUT2D eigenvalue weighted by molar-refractivity contribution is 5.63. The molecule has 0 saturated carbocycles. The highest BCUT2D eigenvalue weighted by Crippen LogP contribution is 2.31. The second kappa shape index (κ2) is 20.1. The van der Waals surface area contributed by atoms with E-state index in [-0.39, 0.29) is 5.92 Å². The Hall–Kier alpha value is -3.84. The fourth-order valence-electron chi connectivity index (χ4n) is 4.95. The molecule has 1 aromatic heterocycles. The van der Waals surface area contributed by atoms with E-state index in [1.54, 1.807) is 6.20 Å². The van der Waals surface area contributed by atoms with Gasteiger partial charge in [-0.15, -0.1) is 0 Å². The largest absolute Gasteiger partial charge is 0.371 e. The van der Waals surface area contributed by atoms with Crippen molar-refractivity contribution < 1.29 is 0 Å². The summed E-state index contributed by atoms with van der Waals surface area (Å²) in [5.74, 6) is 0.380. The average molecular weight is 581 g/mol. The second-order valence-corrected chi connectivity index (χ2v) is 11.2. The predicted octanol–water partition coefficient (Wildman–Crippen LogP) is 10.3. The van der Waals surface area contributed by atoms with Gasteiger partial charge >= 0.3 is 0 Å². The van der Waals surface area contributed by atoms with Crippen molar-refractivity contribution in [2.45, 2.75) is 87.0 Å². The molecule has 1 aromatic carbocycles. The highest BCUT2D eigenvalue weighted by atomic mass is 15.1. The van der Waals surface area contributed by atoms with Crippen LogP contribution in [0.5, 0.6) is 0 Å². The Morgan fingerprint density at radius 3 is 2.23 bits per heavy atom. The smallest absolute Gasteiger partial charge is 0.0700 e. The molecule has 0 radical (unpaired) electrons. The Labute approximate surface area is 263 Å². The molecule has 232 valence electrons. The summed E-state index contributed by atoms with van der Waals surface area (Å²) in [6, 6.07) is 14.6. The van der Waals surface area contributed by atoms with Crippen molar-refractivity contribution in [1.82, 2.24) is 14.8 Å². The average Bonchev–Trinajstić information content (AvgIpc) is 3.05. The van der Waals surface area contributed by atoms with E-state index >= 15 is 0 Å². The Morgan fingerprint density at radius 2 is 1.74 bits per heavy atom. The fraction of sp³-hybridized carbons (Fsp3) is 0.436. The van der Waals surface area contributed by atoms with Crippen molar-refractivity contribution in [3.05, 3.63) is 120 Å². The van der Waals surface area contributed by atoms with E-state index in [4.69, 9.17) is 0 Å². The first kappa shape index (κ1) is 37.2. The lowest BCUT2D eigenvalue weighted by Gasteiger charge is -2.35. The molecule has 1 atom stereocenters. The molecular weight excluding hydrogens is 524 g/mol. The topological polar surface area (TPSA) is 43.2 Å². The zero-order valence-electron chi connectivity index (χ0n) is 28.3. The molecule has 4 nitrogen and oxygen atoms in total. The number of aromatic nitrogens is 1.